The zero-order valence-corrected chi connectivity index (χ0v) is 17.0. The minimum Gasteiger partial charge on any atom is -0.479 e. The summed E-state index contributed by atoms with van der Waals surface area (Å²) in [6.45, 7) is 0. The Morgan fingerprint density at radius 3 is 2.43 bits per heavy atom. The van der Waals surface area contributed by atoms with Crippen molar-refractivity contribution in [2.45, 2.75) is 5.54 Å². The van der Waals surface area contributed by atoms with Gasteiger partial charge in [-0.1, -0.05) is 35.3 Å². The molecule has 8 nitrogen and oxygen atoms in total. The van der Waals surface area contributed by atoms with Crippen molar-refractivity contribution in [2.75, 3.05) is 12.4 Å². The first kappa shape index (κ1) is 21.4. The molecule has 0 aliphatic carbocycles. The SMILES string of the molecule is COC(=O)Nc1ccc(C2(C(=O)O)N=c3cc(Cl)cc(Cl)c3=C2C=CC(N)=O)cc1. The number of methoxy groups -OCH3 is 1. The molecule has 0 saturated carbocycles. The number of halogens is 2. The molecule has 1 aliphatic rings. The molecule has 1 atom stereocenters. The Labute approximate surface area is 180 Å². The van der Waals surface area contributed by atoms with E-state index in [1.165, 1.54) is 49.6 Å². The highest BCUT2D eigenvalue weighted by atomic mass is 35.5. The molecular weight excluding hydrogens is 433 g/mol. The number of hydrogen-bond donors (Lipinski definition) is 3. The van der Waals surface area contributed by atoms with Crippen LogP contribution in [-0.4, -0.2) is 30.2 Å². The van der Waals surface area contributed by atoms with Gasteiger partial charge in [0.15, 0.2) is 0 Å². The normalized spacial score (nSPS) is 17.4. The zero-order chi connectivity index (χ0) is 22.1. The predicted molar refractivity (Wildman–Crippen MR) is 111 cm³/mol. The van der Waals surface area contributed by atoms with Crippen molar-refractivity contribution in [3.8, 4) is 0 Å². The summed E-state index contributed by atoms with van der Waals surface area (Å²) in [5, 5.41) is 13.7. The molecule has 0 spiro atoms. The van der Waals surface area contributed by atoms with Gasteiger partial charge in [0, 0.05) is 27.6 Å². The molecule has 2 aromatic rings. The van der Waals surface area contributed by atoms with Crippen LogP contribution in [0.15, 0.2) is 53.5 Å². The van der Waals surface area contributed by atoms with E-state index in [9.17, 15) is 19.5 Å². The number of carboxylic acids is 1. The summed E-state index contributed by atoms with van der Waals surface area (Å²) in [5.41, 5.74) is 4.10. The number of primary amides is 1. The molecule has 0 bridgehead atoms. The van der Waals surface area contributed by atoms with E-state index in [2.05, 4.69) is 15.0 Å². The van der Waals surface area contributed by atoms with Crippen molar-refractivity contribution < 1.29 is 24.2 Å². The molecule has 3 rings (SSSR count). The Balaban J connectivity index is 2.28. The second-order valence-corrected chi connectivity index (χ2v) is 7.10. The van der Waals surface area contributed by atoms with E-state index in [1.54, 1.807) is 0 Å². The third kappa shape index (κ3) is 3.74. The van der Waals surface area contributed by atoms with Gasteiger partial charge >= 0.3 is 12.1 Å². The maximum absolute atomic E-state index is 12.5. The molecule has 154 valence electrons. The highest BCUT2D eigenvalue weighted by Crippen LogP contribution is 2.38. The van der Waals surface area contributed by atoms with Gasteiger partial charge in [-0.25, -0.2) is 9.59 Å². The Bertz CT molecular complexity index is 1210. The largest absolute Gasteiger partial charge is 0.479 e. The lowest BCUT2D eigenvalue weighted by Gasteiger charge is -2.25. The van der Waals surface area contributed by atoms with Gasteiger partial charge < -0.3 is 15.6 Å². The van der Waals surface area contributed by atoms with Crippen molar-refractivity contribution >= 4 is 52.4 Å². The number of carbonyl (C=O) groups is 3. The monoisotopic (exact) mass is 447 g/mol. The minimum atomic E-state index is -1.91. The van der Waals surface area contributed by atoms with E-state index >= 15 is 0 Å². The number of nitrogens with one attached hydrogen (secondary N) is 1. The molecule has 0 aromatic heterocycles. The van der Waals surface area contributed by atoms with Gasteiger partial charge in [0.1, 0.15) is 0 Å². The number of benzene rings is 2. The van der Waals surface area contributed by atoms with Crippen molar-refractivity contribution in [3.05, 3.63) is 74.7 Å². The third-order valence-electron chi connectivity index (χ3n) is 4.44. The second-order valence-electron chi connectivity index (χ2n) is 6.25. The fraction of sp³-hybridized carbons (Fsp3) is 0.100. The molecule has 4 N–H and O–H groups in total. The zero-order valence-electron chi connectivity index (χ0n) is 15.5. The number of nitrogens with two attached hydrogens (primary N) is 1. The molecule has 2 amide bonds. The van der Waals surface area contributed by atoms with Gasteiger partial charge in [0.25, 0.3) is 0 Å². The Morgan fingerprint density at radius 1 is 1.20 bits per heavy atom. The number of aliphatic carboxylic acids is 1. The van der Waals surface area contributed by atoms with Crippen LogP contribution in [0.2, 0.25) is 10.0 Å². The first-order valence-corrected chi connectivity index (χ1v) is 9.20. The number of ether oxygens (including phenoxy) is 1. The van der Waals surface area contributed by atoms with Crippen molar-refractivity contribution in [2.24, 2.45) is 10.7 Å². The van der Waals surface area contributed by atoms with Gasteiger partial charge in [-0.05, 0) is 35.9 Å². The molecule has 1 unspecified atom stereocenters. The Hall–Kier alpha value is -3.36. The third-order valence-corrected chi connectivity index (χ3v) is 4.96. The highest BCUT2D eigenvalue weighted by Gasteiger charge is 2.46. The predicted octanol–water partition coefficient (Wildman–Crippen LogP) is 1.98. The van der Waals surface area contributed by atoms with Gasteiger partial charge in [0.2, 0.25) is 11.4 Å². The molecule has 30 heavy (non-hydrogen) atoms. The summed E-state index contributed by atoms with van der Waals surface area (Å²) in [6, 6.07) is 8.92. The molecule has 1 heterocycles. The number of amides is 2. The van der Waals surface area contributed by atoms with Crippen LogP contribution in [0.1, 0.15) is 5.56 Å². The van der Waals surface area contributed by atoms with Crippen LogP contribution in [-0.2, 0) is 19.9 Å². The summed E-state index contributed by atoms with van der Waals surface area (Å²) in [4.78, 5) is 39.7. The van der Waals surface area contributed by atoms with E-state index in [-0.39, 0.29) is 26.5 Å². The number of carboxylic acid groups (broad SMARTS) is 1. The average Bonchev–Trinajstić information content (AvgIpc) is 3.02. The fourth-order valence-electron chi connectivity index (χ4n) is 3.18. The van der Waals surface area contributed by atoms with Crippen LogP contribution in [0.3, 0.4) is 0 Å². The van der Waals surface area contributed by atoms with Crippen LogP contribution >= 0.6 is 23.2 Å². The van der Waals surface area contributed by atoms with Crippen LogP contribution in [0.25, 0.3) is 5.57 Å². The molecule has 1 aliphatic heterocycles. The Morgan fingerprint density at radius 2 is 1.87 bits per heavy atom. The van der Waals surface area contributed by atoms with E-state index < -0.39 is 23.5 Å². The smallest absolute Gasteiger partial charge is 0.411 e. The van der Waals surface area contributed by atoms with Crippen molar-refractivity contribution in [1.29, 1.82) is 0 Å². The van der Waals surface area contributed by atoms with Crippen LogP contribution < -0.4 is 21.6 Å². The summed E-state index contributed by atoms with van der Waals surface area (Å²) in [5.74, 6) is -2.07. The molecule has 2 aromatic carbocycles. The van der Waals surface area contributed by atoms with Gasteiger partial charge in [-0.3, -0.25) is 15.1 Å². The molecule has 0 saturated heterocycles. The topological polar surface area (TPSA) is 131 Å². The maximum Gasteiger partial charge on any atom is 0.411 e. The van der Waals surface area contributed by atoms with E-state index in [0.717, 1.165) is 6.08 Å². The molecule has 0 radical (unpaired) electrons. The quantitative estimate of drug-likeness (QED) is 0.602. The number of rotatable bonds is 5. The first-order chi connectivity index (χ1) is 14.2. The van der Waals surface area contributed by atoms with Crippen LogP contribution in [0.5, 0.6) is 0 Å². The van der Waals surface area contributed by atoms with Gasteiger partial charge in [0.05, 0.1) is 17.5 Å². The fourth-order valence-corrected chi connectivity index (χ4v) is 3.76. The number of nitrogens with zero attached hydrogens (tertiary/aromatic N) is 1. The van der Waals surface area contributed by atoms with E-state index in [0.29, 0.717) is 10.9 Å². The number of hydrogen-bond acceptors (Lipinski definition) is 5. The van der Waals surface area contributed by atoms with Crippen LogP contribution in [0, 0.1) is 0 Å². The Kier molecular flexibility index (Phi) is 5.82. The van der Waals surface area contributed by atoms with Gasteiger partial charge in [-0.2, -0.15) is 0 Å². The number of anilines is 1. The second kappa shape index (κ2) is 8.17. The molecular formula is C20H15Cl2N3O5. The summed E-state index contributed by atoms with van der Waals surface area (Å²) in [7, 11) is 1.22. The minimum absolute atomic E-state index is 0.152. The van der Waals surface area contributed by atoms with Gasteiger partial charge in [-0.15, -0.1) is 0 Å². The van der Waals surface area contributed by atoms with Crippen molar-refractivity contribution in [3.63, 3.8) is 0 Å². The standard InChI is InChI=1S/C20H15Cl2N3O5/c1-30-19(29)24-12-4-2-10(3-5-12)20(18(27)28)13(6-7-16(23)26)17-14(22)8-11(21)9-15(17)25-20/h2-9H,1H3,(H2,23,26)(H,24,29)(H,27,28). The summed E-state index contributed by atoms with van der Waals surface area (Å²) < 4.78 is 4.53. The van der Waals surface area contributed by atoms with E-state index in [4.69, 9.17) is 28.9 Å². The highest BCUT2D eigenvalue weighted by molar-refractivity contribution is 6.34. The lowest BCUT2D eigenvalue weighted by atomic mass is 9.83. The van der Waals surface area contributed by atoms with Crippen LogP contribution in [0.4, 0.5) is 10.5 Å². The lowest BCUT2D eigenvalue weighted by Crippen LogP contribution is -2.35. The first-order valence-electron chi connectivity index (χ1n) is 8.45. The average molecular weight is 448 g/mol. The lowest BCUT2D eigenvalue weighted by molar-refractivity contribution is -0.141. The maximum atomic E-state index is 12.5. The summed E-state index contributed by atoms with van der Waals surface area (Å²) in [6.07, 6.45) is 1.65. The summed E-state index contributed by atoms with van der Waals surface area (Å²) >= 11 is 12.4. The van der Waals surface area contributed by atoms with Crippen molar-refractivity contribution in [1.82, 2.24) is 0 Å². The molecule has 0 fully saturated rings. The number of carbonyl (C=O) groups excluding carboxylic acids is 2. The van der Waals surface area contributed by atoms with E-state index in [1.807, 2.05) is 0 Å². The number of fused-ring (bicyclic) bond motifs is 1. The molecule has 10 heteroatoms.